The number of rotatable bonds is 6. The quantitative estimate of drug-likeness (QED) is 0.162. The summed E-state index contributed by atoms with van der Waals surface area (Å²) < 4.78 is 4.86. The van der Waals surface area contributed by atoms with Gasteiger partial charge in [0.15, 0.2) is 0 Å². The van der Waals surface area contributed by atoms with Crippen molar-refractivity contribution >= 4 is 43.6 Å². The van der Waals surface area contributed by atoms with Crippen molar-refractivity contribution in [3.8, 4) is 55.9 Å². The highest BCUT2D eigenvalue weighted by Crippen LogP contribution is 2.42. The largest absolute Gasteiger partial charge is 0.309 e. The molecule has 0 bridgehead atoms. The van der Waals surface area contributed by atoms with Crippen LogP contribution >= 0.6 is 0 Å². The minimum Gasteiger partial charge on any atom is -0.309 e. The van der Waals surface area contributed by atoms with Crippen molar-refractivity contribution < 1.29 is 0 Å². The lowest BCUT2D eigenvalue weighted by Crippen LogP contribution is -1.96. The van der Waals surface area contributed by atoms with Gasteiger partial charge in [-0.2, -0.15) is 0 Å². The summed E-state index contributed by atoms with van der Waals surface area (Å²) in [7, 11) is 0. The highest BCUT2D eigenvalue weighted by molar-refractivity contribution is 6.15. The Bertz CT molecular complexity index is 3220. The van der Waals surface area contributed by atoms with Gasteiger partial charge in [-0.25, -0.2) is 0 Å². The molecule has 2 heteroatoms. The van der Waals surface area contributed by atoms with Crippen molar-refractivity contribution in [2.24, 2.45) is 0 Å². The van der Waals surface area contributed by atoms with E-state index >= 15 is 0 Å². The van der Waals surface area contributed by atoms with E-state index in [0.29, 0.717) is 0 Å². The van der Waals surface area contributed by atoms with Crippen LogP contribution in [-0.2, 0) is 0 Å². The molecule has 0 unspecified atom stereocenters. The third-order valence-corrected chi connectivity index (χ3v) is 11.3. The van der Waals surface area contributed by atoms with Crippen molar-refractivity contribution in [3.63, 3.8) is 0 Å². The first-order valence-corrected chi connectivity index (χ1v) is 19.3. The normalized spacial score (nSPS) is 11.6. The molecular formula is C54H36N2. The van der Waals surface area contributed by atoms with E-state index in [2.05, 4.69) is 228 Å². The second-order valence-electron chi connectivity index (χ2n) is 14.5. The van der Waals surface area contributed by atoms with Gasteiger partial charge in [-0.1, -0.05) is 158 Å². The van der Waals surface area contributed by atoms with E-state index < -0.39 is 0 Å². The third-order valence-electron chi connectivity index (χ3n) is 11.3. The lowest BCUT2D eigenvalue weighted by atomic mass is 9.91. The molecule has 11 aromatic rings. The van der Waals surface area contributed by atoms with E-state index in [1.807, 2.05) is 0 Å². The Morgan fingerprint density at radius 1 is 0.232 bits per heavy atom. The SMILES string of the molecule is c1ccc(-c2cc(-c3cccc(-c4cccc5c6ccccc6n(-c6ccccc6)c45)c3)cc(-c3cccc4c5ccccc5n(-c5ccccc5)c34)c2)cc1. The van der Waals surface area contributed by atoms with E-state index in [9.17, 15) is 0 Å². The summed E-state index contributed by atoms with van der Waals surface area (Å²) in [5.74, 6) is 0. The molecule has 0 saturated carbocycles. The molecule has 0 atom stereocenters. The summed E-state index contributed by atoms with van der Waals surface area (Å²) in [6, 6.07) is 79.5. The average molecular weight is 713 g/mol. The molecule has 262 valence electrons. The lowest BCUT2D eigenvalue weighted by molar-refractivity contribution is 1.18. The fraction of sp³-hybridized carbons (Fsp3) is 0. The Morgan fingerprint density at radius 3 is 1.18 bits per heavy atom. The van der Waals surface area contributed by atoms with Crippen LogP contribution in [0.4, 0.5) is 0 Å². The van der Waals surface area contributed by atoms with E-state index in [-0.39, 0.29) is 0 Å². The minimum atomic E-state index is 1.15. The summed E-state index contributed by atoms with van der Waals surface area (Å²) >= 11 is 0. The molecule has 0 amide bonds. The zero-order chi connectivity index (χ0) is 37.0. The number of fused-ring (bicyclic) bond motifs is 6. The Kier molecular flexibility index (Phi) is 7.53. The van der Waals surface area contributed by atoms with E-state index in [1.54, 1.807) is 0 Å². The van der Waals surface area contributed by atoms with E-state index in [0.717, 1.165) is 11.4 Å². The third kappa shape index (κ3) is 5.19. The van der Waals surface area contributed by atoms with Crippen molar-refractivity contribution in [3.05, 3.63) is 218 Å². The smallest absolute Gasteiger partial charge is 0.0619 e. The Hall–Kier alpha value is -7.42. The lowest BCUT2D eigenvalue weighted by Gasteiger charge is -2.15. The first-order chi connectivity index (χ1) is 27.8. The van der Waals surface area contributed by atoms with Gasteiger partial charge < -0.3 is 9.13 Å². The van der Waals surface area contributed by atoms with Crippen LogP contribution in [0.15, 0.2) is 218 Å². The molecule has 11 rings (SSSR count). The van der Waals surface area contributed by atoms with Gasteiger partial charge in [-0.05, 0) is 94.0 Å². The summed E-state index contributed by atoms with van der Waals surface area (Å²) in [4.78, 5) is 0. The highest BCUT2D eigenvalue weighted by Gasteiger charge is 2.19. The van der Waals surface area contributed by atoms with Crippen LogP contribution in [0.1, 0.15) is 0 Å². The Morgan fingerprint density at radius 2 is 0.607 bits per heavy atom. The van der Waals surface area contributed by atoms with Crippen LogP contribution in [-0.4, -0.2) is 9.13 Å². The molecule has 0 fully saturated rings. The number of nitrogens with zero attached hydrogens (tertiary/aromatic N) is 2. The summed E-state index contributed by atoms with van der Waals surface area (Å²) in [5, 5.41) is 5.01. The van der Waals surface area contributed by atoms with Gasteiger partial charge in [-0.3, -0.25) is 0 Å². The molecule has 0 aliphatic heterocycles. The van der Waals surface area contributed by atoms with Crippen molar-refractivity contribution in [1.82, 2.24) is 9.13 Å². The number of aromatic nitrogens is 2. The van der Waals surface area contributed by atoms with Gasteiger partial charge in [0.05, 0.1) is 22.1 Å². The van der Waals surface area contributed by atoms with Crippen LogP contribution in [0.3, 0.4) is 0 Å². The minimum absolute atomic E-state index is 1.15. The van der Waals surface area contributed by atoms with Crippen LogP contribution in [0.5, 0.6) is 0 Å². The standard InChI is InChI=1S/C54H36N2/c1-4-17-37(18-5-1)40-34-41(36-42(35-40)46-28-16-30-50-48-26-11-13-32-52(48)56(54(46)50)44-23-8-3-9-24-44)38-19-14-20-39(33-38)45-27-15-29-49-47-25-10-12-31-51(47)55(53(45)49)43-21-6-2-7-22-43/h1-36H. The fourth-order valence-electron chi connectivity index (χ4n) is 8.81. The van der Waals surface area contributed by atoms with Crippen LogP contribution < -0.4 is 0 Å². The maximum atomic E-state index is 2.43. The second-order valence-corrected chi connectivity index (χ2v) is 14.5. The molecule has 2 heterocycles. The molecule has 0 aliphatic carbocycles. The maximum absolute atomic E-state index is 2.43. The molecule has 9 aromatic carbocycles. The van der Waals surface area contributed by atoms with Gasteiger partial charge in [0.1, 0.15) is 0 Å². The molecule has 2 aromatic heterocycles. The molecule has 0 radical (unpaired) electrons. The number of hydrogen-bond donors (Lipinski definition) is 0. The van der Waals surface area contributed by atoms with Gasteiger partial charge in [0, 0.05) is 44.0 Å². The molecule has 2 nitrogen and oxygen atoms in total. The zero-order valence-electron chi connectivity index (χ0n) is 30.7. The van der Waals surface area contributed by atoms with Gasteiger partial charge in [0.2, 0.25) is 0 Å². The van der Waals surface area contributed by atoms with Crippen molar-refractivity contribution in [2.45, 2.75) is 0 Å². The molecular weight excluding hydrogens is 677 g/mol. The summed E-state index contributed by atoms with van der Waals surface area (Å²) in [6.07, 6.45) is 0. The van der Waals surface area contributed by atoms with Crippen LogP contribution in [0.25, 0.3) is 99.5 Å². The highest BCUT2D eigenvalue weighted by atomic mass is 15.0. The molecule has 56 heavy (non-hydrogen) atoms. The zero-order valence-corrected chi connectivity index (χ0v) is 30.7. The fourth-order valence-corrected chi connectivity index (χ4v) is 8.81. The maximum Gasteiger partial charge on any atom is 0.0619 e. The molecule has 0 aliphatic rings. The van der Waals surface area contributed by atoms with Gasteiger partial charge in [-0.15, -0.1) is 0 Å². The predicted molar refractivity (Wildman–Crippen MR) is 237 cm³/mol. The first-order valence-electron chi connectivity index (χ1n) is 19.3. The van der Waals surface area contributed by atoms with Crippen LogP contribution in [0.2, 0.25) is 0 Å². The summed E-state index contributed by atoms with van der Waals surface area (Å²) in [6.45, 7) is 0. The molecule has 0 spiro atoms. The first kappa shape index (κ1) is 32.0. The number of hydrogen-bond acceptors (Lipinski definition) is 0. The molecule has 0 N–H and O–H groups in total. The predicted octanol–water partition coefficient (Wildman–Crippen LogP) is 14.5. The average Bonchev–Trinajstić information content (AvgIpc) is 3.81. The second kappa shape index (κ2) is 13.2. The monoisotopic (exact) mass is 712 g/mol. The van der Waals surface area contributed by atoms with E-state index in [4.69, 9.17) is 0 Å². The Balaban J connectivity index is 1.15. The van der Waals surface area contributed by atoms with Crippen molar-refractivity contribution in [2.75, 3.05) is 0 Å². The number of para-hydroxylation sites is 6. The topological polar surface area (TPSA) is 9.86 Å². The Labute approximate surface area is 325 Å². The molecule has 0 saturated heterocycles. The summed E-state index contributed by atoms with van der Waals surface area (Å²) in [5.41, 5.74) is 16.7. The van der Waals surface area contributed by atoms with Crippen molar-refractivity contribution in [1.29, 1.82) is 0 Å². The van der Waals surface area contributed by atoms with E-state index in [1.165, 1.54) is 88.1 Å². The van der Waals surface area contributed by atoms with Gasteiger partial charge in [0.25, 0.3) is 0 Å². The van der Waals surface area contributed by atoms with Gasteiger partial charge >= 0.3 is 0 Å². The number of benzene rings is 9. The van der Waals surface area contributed by atoms with Crippen LogP contribution in [0, 0.1) is 0 Å².